The topological polar surface area (TPSA) is 129 Å². The number of carbonyl (C=O) groups excluding carboxylic acids is 1. The zero-order chi connectivity index (χ0) is 30.3. The van der Waals surface area contributed by atoms with Crippen LogP contribution in [-0.2, 0) is 14.9 Å². The first-order chi connectivity index (χ1) is 18.9. The summed E-state index contributed by atoms with van der Waals surface area (Å²) in [5.41, 5.74) is -6.63. The molecule has 1 aliphatic rings. The smallest absolute Gasteiger partial charge is 0.486 e. The Morgan fingerprint density at radius 1 is 1.07 bits per heavy atom. The fourth-order valence-corrected chi connectivity index (χ4v) is 4.44. The highest BCUT2D eigenvalue weighted by Crippen LogP contribution is 2.40. The van der Waals surface area contributed by atoms with Crippen molar-refractivity contribution in [3.8, 4) is 11.5 Å². The maximum Gasteiger partial charge on any atom is 0.534 e. The van der Waals surface area contributed by atoms with Gasteiger partial charge in [-0.15, -0.1) is 0 Å². The Labute approximate surface area is 241 Å². The molecular weight excluding hydrogens is 619 g/mol. The number of benzene rings is 2. The van der Waals surface area contributed by atoms with Gasteiger partial charge in [-0.2, -0.15) is 21.6 Å². The normalized spacial score (nSPS) is 17.5. The van der Waals surface area contributed by atoms with Crippen molar-refractivity contribution < 1.29 is 44.4 Å². The second-order valence-corrected chi connectivity index (χ2v) is 12.2. The van der Waals surface area contributed by atoms with Crippen molar-refractivity contribution in [1.29, 1.82) is 0 Å². The number of fused-ring (bicyclic) bond motifs is 1. The maximum atomic E-state index is 14.7. The number of hydrogen-bond acceptors (Lipinski definition) is 9. The van der Waals surface area contributed by atoms with Gasteiger partial charge in [0, 0.05) is 30.3 Å². The van der Waals surface area contributed by atoms with Crippen molar-refractivity contribution in [2.75, 3.05) is 5.32 Å². The highest BCUT2D eigenvalue weighted by atomic mass is 35.5. The van der Waals surface area contributed by atoms with E-state index in [1.807, 2.05) is 0 Å². The zero-order valence-electron chi connectivity index (χ0n) is 21.5. The van der Waals surface area contributed by atoms with Crippen LogP contribution in [0.1, 0.15) is 33.6 Å². The van der Waals surface area contributed by atoms with Crippen molar-refractivity contribution in [2.45, 2.75) is 56.9 Å². The predicted molar refractivity (Wildman–Crippen MR) is 142 cm³/mol. The van der Waals surface area contributed by atoms with E-state index >= 15 is 0 Å². The summed E-state index contributed by atoms with van der Waals surface area (Å²) in [4.78, 5) is 20.0. The number of hydrogen-bond donors (Lipinski definition) is 2. The maximum absolute atomic E-state index is 14.7. The largest absolute Gasteiger partial charge is 0.534 e. The molecule has 1 amide bonds. The van der Waals surface area contributed by atoms with Gasteiger partial charge in [-0.1, -0.05) is 23.2 Å². The fraction of sp³-hybridized carbons (Fsp3) is 0.375. The number of nitrogens with one attached hydrogen (secondary N) is 2. The number of rotatable bonds is 7. The highest BCUT2D eigenvalue weighted by Gasteiger charge is 2.49. The molecule has 1 saturated carbocycles. The van der Waals surface area contributed by atoms with E-state index < -0.39 is 50.7 Å². The molecule has 0 radical (unpaired) electrons. The molecule has 1 aromatic heterocycles. The molecule has 1 fully saturated rings. The lowest BCUT2D eigenvalue weighted by atomic mass is 9.89. The van der Waals surface area contributed by atoms with Crippen LogP contribution in [0.5, 0.6) is 11.5 Å². The van der Waals surface area contributed by atoms with Crippen molar-refractivity contribution in [3.63, 3.8) is 0 Å². The molecule has 17 heteroatoms. The number of nitrogens with zero attached hydrogens (tertiary/aromatic N) is 2. The monoisotopic (exact) mass is 640 g/mol. The quantitative estimate of drug-likeness (QED) is 0.129. The number of ether oxygens (including phenoxy) is 2. The molecule has 0 spiro atoms. The number of halogens is 6. The van der Waals surface area contributed by atoms with E-state index in [9.17, 15) is 30.8 Å². The van der Waals surface area contributed by atoms with Crippen LogP contribution in [0.3, 0.4) is 0 Å². The average Bonchev–Trinajstić information content (AvgIpc) is 2.81. The molecule has 0 aliphatic heterocycles. The van der Waals surface area contributed by atoms with E-state index in [1.165, 1.54) is 12.1 Å². The van der Waals surface area contributed by atoms with Crippen molar-refractivity contribution >= 4 is 61.8 Å². The Morgan fingerprint density at radius 3 is 2.39 bits per heavy atom. The minimum absolute atomic E-state index is 0.0135. The Morgan fingerprint density at radius 2 is 1.76 bits per heavy atom. The van der Waals surface area contributed by atoms with E-state index in [0.29, 0.717) is 0 Å². The van der Waals surface area contributed by atoms with Crippen molar-refractivity contribution in [3.05, 3.63) is 46.5 Å². The van der Waals surface area contributed by atoms with Gasteiger partial charge in [-0.25, -0.2) is 19.2 Å². The lowest BCUT2D eigenvalue weighted by Crippen LogP contribution is -2.50. The number of aromatic nitrogens is 2. The molecule has 41 heavy (non-hydrogen) atoms. The SMILES string of the molecule is CC(C)(C)OC(=O)NC1CC(Oc2cc3c(Nc4ccc(Cl)c(Cl)c4F)ncnc3cc2OS(=O)(=O)C(F)(F)F)C1. The molecule has 2 N–H and O–H groups in total. The van der Waals surface area contributed by atoms with Crippen LogP contribution in [-0.4, -0.2) is 47.7 Å². The van der Waals surface area contributed by atoms with Gasteiger partial charge in [0.25, 0.3) is 0 Å². The lowest BCUT2D eigenvalue weighted by molar-refractivity contribution is -0.0501. The Kier molecular flexibility index (Phi) is 8.35. The Bertz CT molecular complexity index is 1600. The van der Waals surface area contributed by atoms with E-state index in [1.54, 1.807) is 20.8 Å². The lowest BCUT2D eigenvalue weighted by Gasteiger charge is -2.36. The molecular formula is C24H22Cl2F4N4O6S. The standard InChI is InChI=1S/C24H22Cl2F4N4O6S/c1-23(2,3)39-22(35)33-11-6-12(7-11)38-17-8-13-16(9-18(17)40-41(36,37)24(28,29)30)31-10-32-21(13)34-15-5-4-14(25)19(26)20(15)27/h4-5,8-12H,6-7H2,1-3H3,(H,33,35)(H,31,32,34). The van der Waals surface area contributed by atoms with Gasteiger partial charge >= 0.3 is 21.7 Å². The summed E-state index contributed by atoms with van der Waals surface area (Å²) in [5, 5.41) is 5.07. The van der Waals surface area contributed by atoms with E-state index in [4.69, 9.17) is 32.7 Å². The third-order valence-electron chi connectivity index (χ3n) is 5.58. The molecule has 0 atom stereocenters. The molecule has 0 bridgehead atoms. The summed E-state index contributed by atoms with van der Waals surface area (Å²) in [6.07, 6.45) is 0.175. The molecule has 3 aromatic rings. The van der Waals surface area contributed by atoms with Gasteiger partial charge in [0.05, 0.1) is 21.2 Å². The third-order valence-corrected chi connectivity index (χ3v) is 7.33. The molecule has 4 rings (SSSR count). The van der Waals surface area contributed by atoms with Crippen molar-refractivity contribution in [1.82, 2.24) is 15.3 Å². The second kappa shape index (κ2) is 11.2. The minimum Gasteiger partial charge on any atom is -0.486 e. The highest BCUT2D eigenvalue weighted by molar-refractivity contribution is 7.88. The fourth-order valence-electron chi connectivity index (χ4n) is 3.67. The number of carbonyl (C=O) groups is 1. The summed E-state index contributed by atoms with van der Waals surface area (Å²) in [7, 11) is -6.07. The minimum atomic E-state index is -6.07. The first-order valence-electron chi connectivity index (χ1n) is 11.8. The third kappa shape index (κ3) is 7.13. The van der Waals surface area contributed by atoms with Gasteiger partial charge in [0.15, 0.2) is 17.3 Å². The van der Waals surface area contributed by atoms with Gasteiger partial charge in [0.1, 0.15) is 23.9 Å². The van der Waals surface area contributed by atoms with Crippen LogP contribution in [0.4, 0.5) is 33.9 Å². The summed E-state index contributed by atoms with van der Waals surface area (Å²) < 4.78 is 92.9. The molecule has 1 heterocycles. The Balaban J connectivity index is 1.65. The molecule has 0 unspecified atom stereocenters. The van der Waals surface area contributed by atoms with Gasteiger partial charge < -0.3 is 24.3 Å². The Hall–Kier alpha value is -3.30. The summed E-state index contributed by atoms with van der Waals surface area (Å²) in [5.74, 6) is -2.08. The number of alkyl carbamates (subject to hydrolysis) is 1. The van der Waals surface area contributed by atoms with Crippen LogP contribution in [0.2, 0.25) is 10.0 Å². The molecule has 1 aliphatic carbocycles. The number of amides is 1. The van der Waals surface area contributed by atoms with Crippen LogP contribution in [0, 0.1) is 5.82 Å². The predicted octanol–water partition coefficient (Wildman–Crippen LogP) is 6.48. The number of anilines is 2. The average molecular weight is 641 g/mol. The van der Waals surface area contributed by atoms with Gasteiger partial charge in [-0.05, 0) is 39.0 Å². The van der Waals surface area contributed by atoms with Gasteiger partial charge in [-0.3, -0.25) is 0 Å². The first-order valence-corrected chi connectivity index (χ1v) is 14.0. The molecule has 222 valence electrons. The number of alkyl halides is 3. The van der Waals surface area contributed by atoms with Crippen LogP contribution < -0.4 is 19.6 Å². The molecule has 2 aromatic carbocycles. The summed E-state index contributed by atoms with van der Waals surface area (Å²) in [6.45, 7) is 5.08. The second-order valence-electron chi connectivity index (χ2n) is 9.92. The van der Waals surface area contributed by atoms with Gasteiger partial charge in [0.2, 0.25) is 0 Å². The first kappa shape index (κ1) is 30.7. The molecule has 0 saturated heterocycles. The molecule has 10 nitrogen and oxygen atoms in total. The van der Waals surface area contributed by atoms with E-state index in [2.05, 4.69) is 24.8 Å². The summed E-state index contributed by atoms with van der Waals surface area (Å²) >= 11 is 11.7. The van der Waals surface area contributed by atoms with Crippen LogP contribution >= 0.6 is 23.2 Å². The van der Waals surface area contributed by atoms with Crippen LogP contribution in [0.25, 0.3) is 10.9 Å². The van der Waals surface area contributed by atoms with Crippen LogP contribution in [0.15, 0.2) is 30.6 Å². The zero-order valence-corrected chi connectivity index (χ0v) is 23.8. The van der Waals surface area contributed by atoms with E-state index in [-0.39, 0.29) is 51.3 Å². The van der Waals surface area contributed by atoms with E-state index in [0.717, 1.165) is 18.5 Å². The van der Waals surface area contributed by atoms with Crippen molar-refractivity contribution in [2.24, 2.45) is 0 Å². The summed E-state index contributed by atoms with van der Waals surface area (Å²) in [6, 6.07) is 4.33.